The van der Waals surface area contributed by atoms with Crippen LogP contribution in [-0.4, -0.2) is 42.0 Å². The molecule has 2 N–H and O–H groups in total. The Hall–Kier alpha value is -2.11. The lowest BCUT2D eigenvalue weighted by Crippen LogP contribution is -3.15. The number of likely N-dealkylation sites (tertiary alicyclic amines) is 1. The van der Waals surface area contributed by atoms with Gasteiger partial charge in [-0.3, -0.25) is 4.79 Å². The zero-order valence-corrected chi connectivity index (χ0v) is 14.3. The summed E-state index contributed by atoms with van der Waals surface area (Å²) in [6.07, 6.45) is 0.677. The van der Waals surface area contributed by atoms with Gasteiger partial charge in [-0.1, -0.05) is 24.3 Å². The molecule has 0 saturated carbocycles. The fourth-order valence-electron chi connectivity index (χ4n) is 4.39. The number of hydrogen-bond donors (Lipinski definition) is 2. The molecule has 0 aliphatic carbocycles. The summed E-state index contributed by atoms with van der Waals surface area (Å²) in [7, 11) is 0. The van der Waals surface area contributed by atoms with E-state index in [4.69, 9.17) is 4.74 Å². The maximum atomic E-state index is 12.1. The first-order valence-corrected chi connectivity index (χ1v) is 9.08. The largest absolute Gasteiger partial charge is 0.491 e. The quantitative estimate of drug-likeness (QED) is 0.822. The molecule has 2 bridgehead atoms. The van der Waals surface area contributed by atoms with E-state index in [2.05, 4.69) is 6.07 Å². The first-order chi connectivity index (χ1) is 12.2. The summed E-state index contributed by atoms with van der Waals surface area (Å²) >= 11 is 0. The molecule has 0 spiro atoms. The highest BCUT2D eigenvalue weighted by molar-refractivity contribution is 5.21. The minimum absolute atomic E-state index is 0.118. The van der Waals surface area contributed by atoms with E-state index in [1.54, 1.807) is 6.07 Å². The predicted molar refractivity (Wildman–Crippen MR) is 95.1 cm³/mol. The molecule has 5 nitrogen and oxygen atoms in total. The van der Waals surface area contributed by atoms with Crippen LogP contribution in [0.5, 0.6) is 5.75 Å². The van der Waals surface area contributed by atoms with E-state index < -0.39 is 6.10 Å². The molecule has 0 radical (unpaired) electrons. The second kappa shape index (κ2) is 7.02. The van der Waals surface area contributed by atoms with Gasteiger partial charge in [0.15, 0.2) is 0 Å². The number of fused-ring (bicyclic) bond motifs is 4. The van der Waals surface area contributed by atoms with E-state index in [0.29, 0.717) is 25.0 Å². The normalized spacial score (nSPS) is 25.9. The lowest BCUT2D eigenvalue weighted by molar-refractivity contribution is -0.914. The summed E-state index contributed by atoms with van der Waals surface area (Å²) in [4.78, 5) is 13.5. The number of rotatable bonds is 5. The molecule has 2 aliphatic heterocycles. The fraction of sp³-hybridized carbons (Fsp3) is 0.450. The van der Waals surface area contributed by atoms with Crippen LogP contribution in [0.15, 0.2) is 53.3 Å². The number of aromatic nitrogens is 1. The van der Waals surface area contributed by atoms with Gasteiger partial charge in [-0.15, -0.1) is 0 Å². The molecule has 25 heavy (non-hydrogen) atoms. The van der Waals surface area contributed by atoms with E-state index in [1.807, 2.05) is 41.0 Å². The summed E-state index contributed by atoms with van der Waals surface area (Å²) in [5.74, 6) is 1.72. The highest BCUT2D eigenvalue weighted by Gasteiger charge is 2.37. The molecule has 1 aromatic carbocycles. The summed E-state index contributed by atoms with van der Waals surface area (Å²) in [5.41, 5.74) is 1.28. The topological polar surface area (TPSA) is 55.9 Å². The number of ether oxygens (including phenoxy) is 1. The van der Waals surface area contributed by atoms with Gasteiger partial charge in [0.2, 0.25) is 0 Å². The molecule has 1 saturated heterocycles. The Labute approximate surface area is 147 Å². The van der Waals surface area contributed by atoms with Crippen molar-refractivity contribution in [3.8, 4) is 5.75 Å². The number of para-hydroxylation sites is 1. The molecular formula is C20H25N2O3+. The van der Waals surface area contributed by atoms with Gasteiger partial charge in [-0.2, -0.15) is 0 Å². The maximum absolute atomic E-state index is 12.1. The molecule has 5 heteroatoms. The van der Waals surface area contributed by atoms with Gasteiger partial charge >= 0.3 is 0 Å². The third-order valence-corrected chi connectivity index (χ3v) is 5.38. The smallest absolute Gasteiger partial charge is 0.250 e. The van der Waals surface area contributed by atoms with E-state index in [1.165, 1.54) is 4.90 Å². The summed E-state index contributed by atoms with van der Waals surface area (Å²) in [5, 5.41) is 10.4. The highest BCUT2D eigenvalue weighted by atomic mass is 16.5. The van der Waals surface area contributed by atoms with Crippen molar-refractivity contribution in [2.24, 2.45) is 5.92 Å². The Bertz CT molecular complexity index is 774. The van der Waals surface area contributed by atoms with Gasteiger partial charge in [0.1, 0.15) is 25.0 Å². The summed E-state index contributed by atoms with van der Waals surface area (Å²) in [6, 6.07) is 15.2. The van der Waals surface area contributed by atoms with Crippen molar-refractivity contribution in [3.63, 3.8) is 0 Å². The zero-order valence-electron chi connectivity index (χ0n) is 14.3. The standard InChI is InChI=1S/C20H24N2O3/c23-17(14-25-18-5-2-1-3-6-18)13-21-10-15-9-16(12-21)19-7-4-8-20(24)22(19)11-15/h1-8,15-17,23H,9-14H2/p+1. The van der Waals surface area contributed by atoms with Crippen LogP contribution in [0, 0.1) is 5.92 Å². The molecule has 1 aromatic heterocycles. The van der Waals surface area contributed by atoms with Crippen molar-refractivity contribution in [2.75, 3.05) is 26.2 Å². The second-order valence-corrected chi connectivity index (χ2v) is 7.34. The zero-order chi connectivity index (χ0) is 17.2. The van der Waals surface area contributed by atoms with E-state index in [9.17, 15) is 9.90 Å². The van der Waals surface area contributed by atoms with Gasteiger partial charge in [-0.25, -0.2) is 0 Å². The predicted octanol–water partition coefficient (Wildman–Crippen LogP) is 0.290. The van der Waals surface area contributed by atoms with Crippen molar-refractivity contribution >= 4 is 0 Å². The monoisotopic (exact) mass is 341 g/mol. The average Bonchev–Trinajstić information content (AvgIpc) is 2.62. The minimum atomic E-state index is -0.480. The van der Waals surface area contributed by atoms with E-state index in [0.717, 1.165) is 37.5 Å². The van der Waals surface area contributed by atoms with Gasteiger partial charge in [0, 0.05) is 30.1 Å². The van der Waals surface area contributed by atoms with Crippen LogP contribution in [0.1, 0.15) is 18.0 Å². The molecule has 132 valence electrons. The lowest BCUT2D eigenvalue weighted by atomic mass is 9.83. The molecule has 4 rings (SSSR count). The van der Waals surface area contributed by atoms with Crippen LogP contribution in [0.2, 0.25) is 0 Å². The third-order valence-electron chi connectivity index (χ3n) is 5.38. The molecule has 4 unspecified atom stereocenters. The molecule has 0 amide bonds. The van der Waals surface area contributed by atoms with Crippen molar-refractivity contribution in [1.82, 2.24) is 4.57 Å². The van der Waals surface area contributed by atoms with Crippen molar-refractivity contribution < 1.29 is 14.7 Å². The van der Waals surface area contributed by atoms with Crippen LogP contribution < -0.4 is 15.2 Å². The Morgan fingerprint density at radius 1 is 1.16 bits per heavy atom. The van der Waals surface area contributed by atoms with E-state index in [-0.39, 0.29) is 5.56 Å². The first kappa shape index (κ1) is 16.4. The molecule has 2 aromatic rings. The minimum Gasteiger partial charge on any atom is -0.491 e. The van der Waals surface area contributed by atoms with Crippen LogP contribution in [0.25, 0.3) is 0 Å². The van der Waals surface area contributed by atoms with Crippen LogP contribution in [-0.2, 0) is 6.54 Å². The maximum Gasteiger partial charge on any atom is 0.250 e. The van der Waals surface area contributed by atoms with Crippen LogP contribution in [0.4, 0.5) is 0 Å². The number of aliphatic hydroxyl groups excluding tert-OH is 1. The summed E-state index contributed by atoms with van der Waals surface area (Å²) < 4.78 is 7.62. The molecule has 1 fully saturated rings. The summed E-state index contributed by atoms with van der Waals surface area (Å²) in [6.45, 7) is 3.81. The Balaban J connectivity index is 1.36. The van der Waals surface area contributed by atoms with Crippen LogP contribution >= 0.6 is 0 Å². The number of piperidine rings is 1. The number of nitrogens with zero attached hydrogens (tertiary/aromatic N) is 1. The second-order valence-electron chi connectivity index (χ2n) is 7.34. The van der Waals surface area contributed by atoms with Gasteiger partial charge in [-0.05, 0) is 24.6 Å². The number of aliphatic hydroxyl groups is 1. The molecule has 2 aliphatic rings. The van der Waals surface area contributed by atoms with Gasteiger partial charge < -0.3 is 19.3 Å². The Morgan fingerprint density at radius 3 is 2.84 bits per heavy atom. The molecular weight excluding hydrogens is 316 g/mol. The van der Waals surface area contributed by atoms with Gasteiger partial charge in [0.25, 0.3) is 5.56 Å². The molecule has 4 atom stereocenters. The fourth-order valence-corrected chi connectivity index (χ4v) is 4.39. The van der Waals surface area contributed by atoms with Crippen molar-refractivity contribution in [3.05, 3.63) is 64.6 Å². The highest BCUT2D eigenvalue weighted by Crippen LogP contribution is 2.29. The number of pyridine rings is 1. The Kier molecular flexibility index (Phi) is 4.59. The third kappa shape index (κ3) is 3.62. The number of nitrogens with one attached hydrogen (secondary N) is 1. The lowest BCUT2D eigenvalue weighted by Gasteiger charge is -2.40. The number of benzene rings is 1. The van der Waals surface area contributed by atoms with Crippen molar-refractivity contribution in [1.29, 1.82) is 0 Å². The number of hydrogen-bond acceptors (Lipinski definition) is 3. The Morgan fingerprint density at radius 2 is 2.00 bits per heavy atom. The molecule has 3 heterocycles. The van der Waals surface area contributed by atoms with Crippen LogP contribution in [0.3, 0.4) is 0 Å². The van der Waals surface area contributed by atoms with E-state index >= 15 is 0 Å². The number of quaternary nitrogens is 1. The van der Waals surface area contributed by atoms with Crippen molar-refractivity contribution in [2.45, 2.75) is 25.0 Å². The first-order valence-electron chi connectivity index (χ1n) is 9.08. The SMILES string of the molecule is O=c1cccc2n1CC1CC2C[NH+](CC(O)COc2ccccc2)C1. The van der Waals surface area contributed by atoms with Gasteiger partial charge in [0.05, 0.1) is 13.1 Å². The average molecular weight is 341 g/mol.